The van der Waals surface area contributed by atoms with Crippen LogP contribution >= 0.6 is 15.9 Å². The van der Waals surface area contributed by atoms with E-state index >= 15 is 0 Å². The van der Waals surface area contributed by atoms with Crippen LogP contribution in [0.2, 0.25) is 0 Å². The summed E-state index contributed by atoms with van der Waals surface area (Å²) >= 11 is 3.40. The highest BCUT2D eigenvalue weighted by Gasteiger charge is 2.09. The average molecular weight is 334 g/mol. The van der Waals surface area contributed by atoms with E-state index in [0.717, 1.165) is 15.9 Å². The molecule has 102 valence electrons. The Balaban J connectivity index is 1.94. The van der Waals surface area contributed by atoms with Gasteiger partial charge in [-0.15, -0.1) is 0 Å². The van der Waals surface area contributed by atoms with Gasteiger partial charge in [0.2, 0.25) is 0 Å². The standard InChI is InChI=1S/C13H12BrN5O/c14-11-7-17-19-12(4-10(8-20)18-13(11)19)16-6-9-2-1-3-15-5-9/h1-5,7,16,20H,6,8H2. The first-order chi connectivity index (χ1) is 9.78. The molecule has 0 saturated heterocycles. The van der Waals surface area contributed by atoms with Gasteiger partial charge in [-0.2, -0.15) is 9.61 Å². The van der Waals surface area contributed by atoms with Gasteiger partial charge < -0.3 is 10.4 Å². The van der Waals surface area contributed by atoms with Gasteiger partial charge in [0, 0.05) is 25.0 Å². The van der Waals surface area contributed by atoms with Crippen molar-refractivity contribution in [2.24, 2.45) is 0 Å². The molecular weight excluding hydrogens is 322 g/mol. The summed E-state index contributed by atoms with van der Waals surface area (Å²) in [6.07, 6.45) is 5.22. The van der Waals surface area contributed by atoms with E-state index in [9.17, 15) is 5.11 Å². The summed E-state index contributed by atoms with van der Waals surface area (Å²) in [5.74, 6) is 0.772. The Bertz CT molecular complexity index is 728. The molecule has 3 heterocycles. The van der Waals surface area contributed by atoms with Gasteiger partial charge in [-0.05, 0) is 27.6 Å². The number of rotatable bonds is 4. The molecule has 0 spiro atoms. The molecule has 0 radical (unpaired) electrons. The number of halogens is 1. The number of hydrogen-bond acceptors (Lipinski definition) is 5. The zero-order valence-corrected chi connectivity index (χ0v) is 12.1. The summed E-state index contributed by atoms with van der Waals surface area (Å²) in [6.45, 7) is 0.505. The molecule has 0 aliphatic heterocycles. The zero-order chi connectivity index (χ0) is 13.9. The molecule has 7 heteroatoms. The van der Waals surface area contributed by atoms with E-state index < -0.39 is 0 Å². The number of nitrogens with one attached hydrogen (secondary N) is 1. The van der Waals surface area contributed by atoms with Crippen LogP contribution in [0.25, 0.3) is 5.65 Å². The van der Waals surface area contributed by atoms with Crippen molar-refractivity contribution in [3.63, 3.8) is 0 Å². The molecule has 20 heavy (non-hydrogen) atoms. The van der Waals surface area contributed by atoms with Crippen LogP contribution in [-0.2, 0) is 13.2 Å². The van der Waals surface area contributed by atoms with Crippen LogP contribution in [0.4, 0.5) is 5.82 Å². The van der Waals surface area contributed by atoms with Gasteiger partial charge >= 0.3 is 0 Å². The number of pyridine rings is 1. The molecule has 2 N–H and O–H groups in total. The maximum Gasteiger partial charge on any atom is 0.172 e. The summed E-state index contributed by atoms with van der Waals surface area (Å²) in [5.41, 5.74) is 2.33. The minimum Gasteiger partial charge on any atom is -0.390 e. The lowest BCUT2D eigenvalue weighted by Gasteiger charge is -2.09. The largest absolute Gasteiger partial charge is 0.390 e. The molecule has 0 aliphatic rings. The second kappa shape index (κ2) is 5.56. The molecule has 0 fully saturated rings. The molecule has 0 saturated carbocycles. The lowest BCUT2D eigenvalue weighted by molar-refractivity contribution is 0.277. The van der Waals surface area contributed by atoms with Crippen LogP contribution < -0.4 is 5.32 Å². The predicted octanol–water partition coefficient (Wildman–Crippen LogP) is 1.99. The zero-order valence-electron chi connectivity index (χ0n) is 10.5. The third-order valence-corrected chi connectivity index (χ3v) is 3.40. The second-order valence-electron chi connectivity index (χ2n) is 4.23. The summed E-state index contributed by atoms with van der Waals surface area (Å²) in [5, 5.41) is 16.8. The fourth-order valence-electron chi connectivity index (χ4n) is 1.89. The van der Waals surface area contributed by atoms with Crippen molar-refractivity contribution < 1.29 is 5.11 Å². The average Bonchev–Trinajstić information content (AvgIpc) is 2.87. The lowest BCUT2D eigenvalue weighted by atomic mass is 10.3. The van der Waals surface area contributed by atoms with Gasteiger partial charge in [-0.1, -0.05) is 6.07 Å². The lowest BCUT2D eigenvalue weighted by Crippen LogP contribution is -2.07. The van der Waals surface area contributed by atoms with Gasteiger partial charge in [0.05, 0.1) is 23.0 Å². The number of fused-ring (bicyclic) bond motifs is 1. The molecule has 0 unspecified atom stereocenters. The monoisotopic (exact) mass is 333 g/mol. The van der Waals surface area contributed by atoms with Crippen molar-refractivity contribution in [2.45, 2.75) is 13.2 Å². The fourth-order valence-corrected chi connectivity index (χ4v) is 2.24. The molecular formula is C13H12BrN5O. The first kappa shape index (κ1) is 13.0. The minimum absolute atomic E-state index is 0.115. The van der Waals surface area contributed by atoms with Crippen LogP contribution in [0.5, 0.6) is 0 Å². The van der Waals surface area contributed by atoms with Crippen LogP contribution in [-0.4, -0.2) is 24.7 Å². The SMILES string of the molecule is OCc1cc(NCc2cccnc2)n2ncc(Br)c2n1. The van der Waals surface area contributed by atoms with E-state index in [4.69, 9.17) is 0 Å². The first-order valence-corrected chi connectivity index (χ1v) is 6.84. The van der Waals surface area contributed by atoms with E-state index in [0.29, 0.717) is 17.9 Å². The van der Waals surface area contributed by atoms with Gasteiger partial charge in [-0.25, -0.2) is 4.98 Å². The van der Waals surface area contributed by atoms with Gasteiger partial charge in [-0.3, -0.25) is 4.98 Å². The molecule has 0 amide bonds. The Morgan fingerprint density at radius 2 is 2.25 bits per heavy atom. The Morgan fingerprint density at radius 3 is 3.00 bits per heavy atom. The normalized spacial score (nSPS) is 10.9. The quantitative estimate of drug-likeness (QED) is 0.763. The maximum absolute atomic E-state index is 9.29. The molecule has 6 nitrogen and oxygen atoms in total. The van der Waals surface area contributed by atoms with E-state index in [1.165, 1.54) is 0 Å². The van der Waals surface area contributed by atoms with Gasteiger partial charge in [0.25, 0.3) is 0 Å². The molecule has 0 bridgehead atoms. The number of aliphatic hydroxyl groups excluding tert-OH is 1. The smallest absolute Gasteiger partial charge is 0.172 e. The molecule has 0 aliphatic carbocycles. The Hall–Kier alpha value is -1.99. The first-order valence-electron chi connectivity index (χ1n) is 6.04. The van der Waals surface area contributed by atoms with Crippen molar-refractivity contribution >= 4 is 27.4 Å². The Morgan fingerprint density at radius 1 is 1.35 bits per heavy atom. The molecule has 0 aromatic carbocycles. The third-order valence-electron chi connectivity index (χ3n) is 2.84. The van der Waals surface area contributed by atoms with E-state index in [-0.39, 0.29) is 6.61 Å². The number of hydrogen-bond donors (Lipinski definition) is 2. The van der Waals surface area contributed by atoms with Crippen molar-refractivity contribution in [3.8, 4) is 0 Å². The van der Waals surface area contributed by atoms with E-state index in [1.807, 2.05) is 12.1 Å². The van der Waals surface area contributed by atoms with Crippen molar-refractivity contribution in [1.82, 2.24) is 19.6 Å². The van der Waals surface area contributed by atoms with E-state index in [2.05, 4.69) is 36.3 Å². The van der Waals surface area contributed by atoms with Crippen LogP contribution in [0, 0.1) is 0 Å². The molecule has 3 aromatic rings. The minimum atomic E-state index is -0.115. The third kappa shape index (κ3) is 2.50. The molecule has 3 aromatic heterocycles. The van der Waals surface area contributed by atoms with Gasteiger partial charge in [0.15, 0.2) is 5.65 Å². The van der Waals surface area contributed by atoms with Crippen LogP contribution in [0.3, 0.4) is 0 Å². The summed E-state index contributed by atoms with van der Waals surface area (Å²) in [7, 11) is 0. The summed E-state index contributed by atoms with van der Waals surface area (Å²) in [4.78, 5) is 8.39. The highest BCUT2D eigenvalue weighted by molar-refractivity contribution is 9.10. The number of anilines is 1. The van der Waals surface area contributed by atoms with Gasteiger partial charge in [0.1, 0.15) is 5.82 Å². The molecule has 0 atom stereocenters. The van der Waals surface area contributed by atoms with Crippen molar-refractivity contribution in [1.29, 1.82) is 0 Å². The highest BCUT2D eigenvalue weighted by Crippen LogP contribution is 2.20. The summed E-state index contributed by atoms with van der Waals surface area (Å²) < 4.78 is 2.48. The van der Waals surface area contributed by atoms with Crippen molar-refractivity contribution in [3.05, 3.63) is 52.5 Å². The maximum atomic E-state index is 9.29. The van der Waals surface area contributed by atoms with E-state index in [1.54, 1.807) is 29.2 Å². The number of nitrogens with zero attached hydrogens (tertiary/aromatic N) is 4. The summed E-state index contributed by atoms with van der Waals surface area (Å²) in [6, 6.07) is 5.66. The molecule has 3 rings (SSSR count). The van der Waals surface area contributed by atoms with Crippen molar-refractivity contribution in [2.75, 3.05) is 5.32 Å². The number of aromatic nitrogens is 4. The topological polar surface area (TPSA) is 75.3 Å². The number of aliphatic hydroxyl groups is 1. The predicted molar refractivity (Wildman–Crippen MR) is 78.2 cm³/mol. The highest BCUT2D eigenvalue weighted by atomic mass is 79.9. The fraction of sp³-hybridized carbons (Fsp3) is 0.154. The second-order valence-corrected chi connectivity index (χ2v) is 5.09. The Kier molecular flexibility index (Phi) is 3.62. The Labute approximate surface area is 123 Å². The van der Waals surface area contributed by atoms with Crippen LogP contribution in [0.1, 0.15) is 11.3 Å². The van der Waals surface area contributed by atoms with Crippen LogP contribution in [0.15, 0.2) is 41.3 Å².